The summed E-state index contributed by atoms with van der Waals surface area (Å²) in [5.41, 5.74) is 6.76. The van der Waals surface area contributed by atoms with Gasteiger partial charge in [-0.3, -0.25) is 0 Å². The molecule has 0 saturated heterocycles. The quantitative estimate of drug-likeness (QED) is 0.468. The summed E-state index contributed by atoms with van der Waals surface area (Å²) in [6.45, 7) is -0.757. The van der Waals surface area contributed by atoms with Crippen LogP contribution in [0.25, 0.3) is 10.9 Å². The Kier molecular flexibility index (Phi) is 3.76. The number of aromatic nitrogens is 1. The van der Waals surface area contributed by atoms with Crippen LogP contribution >= 0.6 is 0 Å². The minimum Gasteiger partial charge on any atom is -0.399 e. The Labute approximate surface area is 110 Å². The van der Waals surface area contributed by atoms with Gasteiger partial charge in [-0.05, 0) is 18.2 Å². The molecule has 0 fully saturated rings. The van der Waals surface area contributed by atoms with Crippen LogP contribution in [0.4, 0.5) is 5.69 Å². The molecule has 0 aliphatic carbocycles. The van der Waals surface area contributed by atoms with E-state index in [0.717, 1.165) is 0 Å². The average molecular weight is 285 g/mol. The van der Waals surface area contributed by atoms with Crippen LogP contribution in [0.1, 0.15) is 0 Å². The molecule has 8 heteroatoms. The number of rotatable bonds is 5. The van der Waals surface area contributed by atoms with Crippen LogP contribution < -0.4 is 10.5 Å². The molecule has 1 heterocycles. The van der Waals surface area contributed by atoms with Crippen molar-refractivity contribution < 1.29 is 18.6 Å². The fourth-order valence-electron chi connectivity index (χ4n) is 1.69. The summed E-state index contributed by atoms with van der Waals surface area (Å²) in [4.78, 5) is 2.90. The molecule has 19 heavy (non-hydrogen) atoms. The topological polar surface area (TPSA) is 128 Å². The molecule has 0 aliphatic heterocycles. The summed E-state index contributed by atoms with van der Waals surface area (Å²) >= 11 is 0. The van der Waals surface area contributed by atoms with Crippen LogP contribution in [-0.4, -0.2) is 42.9 Å². The number of aliphatic hydroxyl groups is 2. The maximum Gasteiger partial charge on any atom is 0.242 e. The first kappa shape index (κ1) is 13.8. The van der Waals surface area contributed by atoms with E-state index in [2.05, 4.69) is 9.71 Å². The van der Waals surface area contributed by atoms with Crippen molar-refractivity contribution in [1.29, 1.82) is 0 Å². The SMILES string of the molecule is Nc1ccc2c(S(=O)(=O)NCC(O)CO)c[nH]c2c1. The standard InChI is InChI=1S/C11H15N3O4S/c12-7-1-2-9-10(3-7)13-5-11(9)19(17,18)14-4-8(16)6-15/h1-3,5,8,13-16H,4,6,12H2. The number of hydrogen-bond donors (Lipinski definition) is 5. The van der Waals surface area contributed by atoms with Crippen LogP contribution in [0.5, 0.6) is 0 Å². The number of sulfonamides is 1. The first-order chi connectivity index (χ1) is 8.94. The third-order valence-corrected chi connectivity index (χ3v) is 4.14. The molecule has 2 aromatic rings. The van der Waals surface area contributed by atoms with E-state index in [9.17, 15) is 8.42 Å². The molecule has 2 rings (SSSR count). The highest BCUT2D eigenvalue weighted by atomic mass is 32.2. The second-order valence-corrected chi connectivity index (χ2v) is 5.88. The van der Waals surface area contributed by atoms with E-state index in [-0.39, 0.29) is 11.4 Å². The first-order valence-corrected chi connectivity index (χ1v) is 7.07. The summed E-state index contributed by atoms with van der Waals surface area (Å²) < 4.78 is 26.3. The summed E-state index contributed by atoms with van der Waals surface area (Å²) in [5, 5.41) is 18.3. The lowest BCUT2D eigenvalue weighted by Gasteiger charge is -2.09. The number of anilines is 1. The number of nitrogens with two attached hydrogens (primary N) is 1. The van der Waals surface area contributed by atoms with E-state index in [1.165, 1.54) is 6.20 Å². The molecule has 0 radical (unpaired) electrons. The van der Waals surface area contributed by atoms with Crippen molar-refractivity contribution in [1.82, 2.24) is 9.71 Å². The Morgan fingerprint density at radius 1 is 1.42 bits per heavy atom. The van der Waals surface area contributed by atoms with Crippen molar-refractivity contribution in [2.75, 3.05) is 18.9 Å². The normalized spacial score (nSPS) is 13.8. The smallest absolute Gasteiger partial charge is 0.242 e. The maximum absolute atomic E-state index is 12.1. The minimum atomic E-state index is -3.75. The molecule has 1 atom stereocenters. The van der Waals surface area contributed by atoms with Crippen molar-refractivity contribution in [2.24, 2.45) is 0 Å². The fraction of sp³-hybridized carbons (Fsp3) is 0.273. The highest BCUT2D eigenvalue weighted by Gasteiger charge is 2.19. The second-order valence-electron chi connectivity index (χ2n) is 4.15. The lowest BCUT2D eigenvalue weighted by molar-refractivity contribution is 0.0988. The molecule has 0 amide bonds. The van der Waals surface area contributed by atoms with Gasteiger partial charge in [0.05, 0.1) is 12.7 Å². The molecule has 7 nitrogen and oxygen atoms in total. The van der Waals surface area contributed by atoms with Gasteiger partial charge in [-0.1, -0.05) is 0 Å². The van der Waals surface area contributed by atoms with Crippen molar-refractivity contribution in [3.05, 3.63) is 24.4 Å². The van der Waals surface area contributed by atoms with E-state index in [4.69, 9.17) is 15.9 Å². The minimum absolute atomic E-state index is 0.0765. The Hall–Kier alpha value is -1.61. The number of fused-ring (bicyclic) bond motifs is 1. The maximum atomic E-state index is 12.1. The van der Waals surface area contributed by atoms with Crippen molar-refractivity contribution >= 4 is 26.6 Å². The van der Waals surface area contributed by atoms with Gasteiger partial charge in [-0.15, -0.1) is 0 Å². The van der Waals surface area contributed by atoms with E-state index in [1.54, 1.807) is 18.2 Å². The Morgan fingerprint density at radius 2 is 2.16 bits per heavy atom. The summed E-state index contributed by atoms with van der Waals surface area (Å²) in [5.74, 6) is 0. The van der Waals surface area contributed by atoms with Gasteiger partial charge in [0, 0.05) is 29.3 Å². The summed E-state index contributed by atoms with van der Waals surface area (Å²) in [7, 11) is -3.75. The van der Waals surface area contributed by atoms with Gasteiger partial charge in [-0.25, -0.2) is 13.1 Å². The van der Waals surface area contributed by atoms with Gasteiger partial charge in [0.25, 0.3) is 0 Å². The largest absolute Gasteiger partial charge is 0.399 e. The van der Waals surface area contributed by atoms with E-state index >= 15 is 0 Å². The fourth-order valence-corrected chi connectivity index (χ4v) is 2.94. The lowest BCUT2D eigenvalue weighted by atomic mass is 10.2. The monoisotopic (exact) mass is 285 g/mol. The number of aliphatic hydroxyl groups excluding tert-OH is 2. The molecule has 0 spiro atoms. The molecule has 0 saturated carbocycles. The van der Waals surface area contributed by atoms with Crippen molar-refractivity contribution in [3.8, 4) is 0 Å². The Balaban J connectivity index is 2.33. The van der Waals surface area contributed by atoms with E-state index in [1.807, 2.05) is 0 Å². The number of H-pyrrole nitrogens is 1. The summed E-state index contributed by atoms with van der Waals surface area (Å²) in [6, 6.07) is 4.85. The number of aromatic amines is 1. The first-order valence-electron chi connectivity index (χ1n) is 5.59. The summed E-state index contributed by atoms with van der Waals surface area (Å²) in [6.07, 6.45) is 0.230. The molecular weight excluding hydrogens is 270 g/mol. The molecule has 104 valence electrons. The zero-order valence-corrected chi connectivity index (χ0v) is 10.8. The zero-order chi connectivity index (χ0) is 14.0. The average Bonchev–Trinajstić information content (AvgIpc) is 2.79. The number of hydrogen-bond acceptors (Lipinski definition) is 5. The molecule has 0 bridgehead atoms. The van der Waals surface area contributed by atoms with Crippen molar-refractivity contribution in [3.63, 3.8) is 0 Å². The zero-order valence-electron chi connectivity index (χ0n) is 10.00. The molecule has 0 aliphatic rings. The number of nitrogen functional groups attached to an aromatic ring is 1. The van der Waals surface area contributed by atoms with Crippen LogP contribution in [-0.2, 0) is 10.0 Å². The predicted octanol–water partition coefficient (Wildman–Crippen LogP) is -0.618. The van der Waals surface area contributed by atoms with Gasteiger partial charge in [-0.2, -0.15) is 0 Å². The van der Waals surface area contributed by atoms with Crippen LogP contribution in [0.15, 0.2) is 29.3 Å². The van der Waals surface area contributed by atoms with Crippen LogP contribution in [0, 0.1) is 0 Å². The second kappa shape index (κ2) is 5.17. The molecule has 1 unspecified atom stereocenters. The van der Waals surface area contributed by atoms with E-state index in [0.29, 0.717) is 16.6 Å². The van der Waals surface area contributed by atoms with Gasteiger partial charge in [0.15, 0.2) is 0 Å². The van der Waals surface area contributed by atoms with E-state index < -0.39 is 22.7 Å². The highest BCUT2D eigenvalue weighted by molar-refractivity contribution is 7.89. The highest BCUT2D eigenvalue weighted by Crippen LogP contribution is 2.24. The Bertz CT molecular complexity index is 680. The van der Waals surface area contributed by atoms with Gasteiger partial charge in [0.2, 0.25) is 10.0 Å². The van der Waals surface area contributed by atoms with Crippen molar-refractivity contribution in [2.45, 2.75) is 11.0 Å². The van der Waals surface area contributed by atoms with Gasteiger partial charge in [0.1, 0.15) is 4.90 Å². The molecular formula is C11H15N3O4S. The third kappa shape index (κ3) is 2.87. The Morgan fingerprint density at radius 3 is 2.84 bits per heavy atom. The number of benzene rings is 1. The lowest BCUT2D eigenvalue weighted by Crippen LogP contribution is -2.33. The molecule has 1 aromatic carbocycles. The predicted molar refractivity (Wildman–Crippen MR) is 71.0 cm³/mol. The molecule has 1 aromatic heterocycles. The van der Waals surface area contributed by atoms with Gasteiger partial charge >= 0.3 is 0 Å². The third-order valence-electron chi connectivity index (χ3n) is 2.68. The number of nitrogens with one attached hydrogen (secondary N) is 2. The van der Waals surface area contributed by atoms with Crippen LogP contribution in [0.2, 0.25) is 0 Å². The van der Waals surface area contributed by atoms with Crippen LogP contribution in [0.3, 0.4) is 0 Å². The van der Waals surface area contributed by atoms with Gasteiger partial charge < -0.3 is 20.9 Å². The molecule has 6 N–H and O–H groups in total.